The van der Waals surface area contributed by atoms with Gasteiger partial charge in [-0.15, -0.1) is 0 Å². The summed E-state index contributed by atoms with van der Waals surface area (Å²) in [7, 11) is 3.08. The molecule has 0 aromatic heterocycles. The van der Waals surface area contributed by atoms with Gasteiger partial charge in [0.25, 0.3) is 0 Å². The topological polar surface area (TPSA) is 51.2 Å². The van der Waals surface area contributed by atoms with E-state index in [9.17, 15) is 4.79 Å². The van der Waals surface area contributed by atoms with Gasteiger partial charge < -0.3 is 19.1 Å². The van der Waals surface area contributed by atoms with Crippen LogP contribution in [0.3, 0.4) is 0 Å². The van der Waals surface area contributed by atoms with Crippen molar-refractivity contribution in [2.45, 2.75) is 50.8 Å². The van der Waals surface area contributed by atoms with Crippen LogP contribution >= 0.6 is 34.2 Å². The van der Waals surface area contributed by atoms with Crippen molar-refractivity contribution in [1.29, 1.82) is 0 Å². The summed E-state index contributed by atoms with van der Waals surface area (Å²) in [6, 6.07) is 12.3. The molecule has 2 aliphatic heterocycles. The van der Waals surface area contributed by atoms with Crippen molar-refractivity contribution in [3.05, 3.63) is 56.1 Å². The predicted octanol–water partition coefficient (Wildman–Crippen LogP) is 5.32. The summed E-state index contributed by atoms with van der Waals surface area (Å²) < 4.78 is 18.1. The molecule has 35 heavy (non-hydrogen) atoms. The van der Waals surface area contributed by atoms with E-state index in [0.29, 0.717) is 13.2 Å². The van der Waals surface area contributed by atoms with Gasteiger partial charge in [0.05, 0.1) is 19.4 Å². The number of ether oxygens (including phenoxy) is 3. The summed E-state index contributed by atoms with van der Waals surface area (Å²) in [6.45, 7) is 3.47. The molecule has 1 fully saturated rings. The van der Waals surface area contributed by atoms with Crippen LogP contribution in [0.25, 0.3) is 0 Å². The average Bonchev–Trinajstić information content (AvgIpc) is 3.30. The number of fused-ring (bicyclic) bond motifs is 2. The van der Waals surface area contributed by atoms with Crippen molar-refractivity contribution in [2.75, 3.05) is 45.4 Å². The third-order valence-electron chi connectivity index (χ3n) is 6.99. The zero-order chi connectivity index (χ0) is 24.8. The van der Waals surface area contributed by atoms with E-state index in [0.717, 1.165) is 68.2 Å². The van der Waals surface area contributed by atoms with E-state index in [2.05, 4.69) is 62.7 Å². The number of benzene rings is 2. The maximum atomic E-state index is 12.5. The lowest BCUT2D eigenvalue weighted by molar-refractivity contribution is -0.149. The van der Waals surface area contributed by atoms with E-state index in [1.54, 1.807) is 7.11 Å². The highest BCUT2D eigenvalue weighted by Gasteiger charge is 2.36. The van der Waals surface area contributed by atoms with Crippen molar-refractivity contribution >= 4 is 45.8 Å². The Hall–Kier alpha value is -1.55. The number of aryl methyl sites for hydroxylation is 1. The normalized spacial score (nSPS) is 19.8. The Bertz CT molecular complexity index is 1020. The van der Waals surface area contributed by atoms with E-state index < -0.39 is 0 Å². The number of anilines is 1. The van der Waals surface area contributed by atoms with Gasteiger partial charge in [0.1, 0.15) is 18.4 Å². The van der Waals surface area contributed by atoms with Crippen molar-refractivity contribution < 1.29 is 19.0 Å². The summed E-state index contributed by atoms with van der Waals surface area (Å²) in [5.74, 6) is 0.657. The molecule has 0 spiro atoms. The van der Waals surface area contributed by atoms with E-state index in [1.807, 2.05) is 6.07 Å². The highest BCUT2D eigenvalue weighted by Crippen LogP contribution is 2.34. The molecule has 190 valence electrons. The number of rotatable bonds is 6. The summed E-state index contributed by atoms with van der Waals surface area (Å²) >= 11 is 8.66. The number of esters is 1. The number of hydrogen-bond donors (Lipinski definition) is 0. The molecule has 6 nitrogen and oxygen atoms in total. The Labute approximate surface area is 227 Å². The first-order valence-corrected chi connectivity index (χ1v) is 13.7. The van der Waals surface area contributed by atoms with Crippen LogP contribution < -0.4 is 9.64 Å². The van der Waals surface area contributed by atoms with Gasteiger partial charge in [-0.1, -0.05) is 17.7 Å². The minimum Gasteiger partial charge on any atom is -0.487 e. The zero-order valence-electron chi connectivity index (χ0n) is 20.5. The number of carbonyl (C=O) groups excluding carboxylic acids is 1. The van der Waals surface area contributed by atoms with Gasteiger partial charge in [0, 0.05) is 34.8 Å². The van der Waals surface area contributed by atoms with Crippen LogP contribution in [0.15, 0.2) is 36.4 Å². The van der Waals surface area contributed by atoms with Gasteiger partial charge in [-0.25, -0.2) is 0 Å². The maximum absolute atomic E-state index is 12.5. The van der Waals surface area contributed by atoms with E-state index >= 15 is 0 Å². The number of likely N-dealkylation sites (tertiary alicyclic amines) is 1. The second kappa shape index (κ2) is 12.6. The lowest BCUT2D eigenvalue weighted by Crippen LogP contribution is -2.51. The molecule has 1 unspecified atom stereocenters. The van der Waals surface area contributed by atoms with Crippen LogP contribution in [-0.4, -0.2) is 63.4 Å². The molecule has 2 heterocycles. The number of methoxy groups -OCH3 is 2. The number of carbonyl (C=O) groups is 1. The fourth-order valence-electron chi connectivity index (χ4n) is 5.22. The predicted molar refractivity (Wildman–Crippen MR) is 148 cm³/mol. The molecule has 0 N–H and O–H groups in total. The Morgan fingerprint density at radius 3 is 2.80 bits per heavy atom. The minimum atomic E-state index is -0.382. The van der Waals surface area contributed by atoms with E-state index in [-0.39, 0.29) is 18.1 Å². The summed E-state index contributed by atoms with van der Waals surface area (Å²) in [6.07, 6.45) is 5.21. The minimum absolute atomic E-state index is 0.231. The third-order valence-corrected chi connectivity index (χ3v) is 7.90. The van der Waals surface area contributed by atoms with E-state index in [4.69, 9.17) is 25.8 Å². The standard InChI is InChI=1S/C27H34ClIN2O4/c1-33-18-25(27(32)34-2)31-13-5-7-23(31)16-30-12-4-3-6-19-14-21(28)9-8-20(19)17-35-26-11-10-22(29)15-24(26)30/h8-11,14-15,23,25H,3-7,12-13,16-18H2,1-2H3/t23-,25?/m0/s1. The molecule has 4 rings (SSSR count). The monoisotopic (exact) mass is 612 g/mol. The van der Waals surface area contributed by atoms with Crippen molar-refractivity contribution in [1.82, 2.24) is 4.90 Å². The van der Waals surface area contributed by atoms with Crippen LogP contribution in [-0.2, 0) is 27.3 Å². The molecule has 2 aliphatic rings. The quantitative estimate of drug-likeness (QED) is 0.325. The summed E-state index contributed by atoms with van der Waals surface area (Å²) in [5.41, 5.74) is 3.57. The van der Waals surface area contributed by atoms with Crippen LogP contribution in [0, 0.1) is 3.57 Å². The van der Waals surface area contributed by atoms with Gasteiger partial charge in [-0.3, -0.25) is 9.69 Å². The van der Waals surface area contributed by atoms with Gasteiger partial charge >= 0.3 is 5.97 Å². The van der Waals surface area contributed by atoms with Gasteiger partial charge in [-0.2, -0.15) is 0 Å². The molecule has 0 radical (unpaired) electrons. The lowest BCUT2D eigenvalue weighted by atomic mass is 10.0. The Morgan fingerprint density at radius 2 is 2.00 bits per heavy atom. The molecule has 2 aromatic carbocycles. The van der Waals surface area contributed by atoms with E-state index in [1.165, 1.54) is 21.8 Å². The van der Waals surface area contributed by atoms with Crippen LogP contribution in [0.2, 0.25) is 5.02 Å². The Morgan fingerprint density at radius 1 is 1.14 bits per heavy atom. The molecule has 2 aromatic rings. The first-order chi connectivity index (χ1) is 17.0. The zero-order valence-corrected chi connectivity index (χ0v) is 23.4. The molecule has 2 atom stereocenters. The largest absolute Gasteiger partial charge is 0.487 e. The highest BCUT2D eigenvalue weighted by molar-refractivity contribution is 14.1. The van der Waals surface area contributed by atoms with Crippen LogP contribution in [0.1, 0.15) is 36.8 Å². The fraction of sp³-hybridized carbons (Fsp3) is 0.519. The van der Waals surface area contributed by atoms with Crippen molar-refractivity contribution in [3.63, 3.8) is 0 Å². The van der Waals surface area contributed by atoms with Crippen molar-refractivity contribution in [2.24, 2.45) is 0 Å². The molecule has 1 saturated heterocycles. The van der Waals surface area contributed by atoms with Gasteiger partial charge in [0.2, 0.25) is 0 Å². The number of hydrogen-bond acceptors (Lipinski definition) is 6. The summed E-state index contributed by atoms with van der Waals surface area (Å²) in [4.78, 5) is 17.3. The number of nitrogens with zero attached hydrogens (tertiary/aromatic N) is 2. The Kier molecular flexibility index (Phi) is 9.55. The highest BCUT2D eigenvalue weighted by atomic mass is 127. The third kappa shape index (κ3) is 6.61. The first-order valence-electron chi connectivity index (χ1n) is 12.3. The van der Waals surface area contributed by atoms with Gasteiger partial charge in [-0.05, 0) is 103 Å². The van der Waals surface area contributed by atoms with Crippen molar-refractivity contribution in [3.8, 4) is 5.75 Å². The second-order valence-corrected chi connectivity index (χ2v) is 10.9. The number of halogens is 2. The molecule has 8 heteroatoms. The van der Waals surface area contributed by atoms with Crippen LogP contribution in [0.4, 0.5) is 5.69 Å². The molecule has 0 bridgehead atoms. The molecule has 0 aliphatic carbocycles. The molecule has 0 saturated carbocycles. The SMILES string of the molecule is COCC(C(=O)OC)N1CCC[C@H]1CN1CCCCc2cc(Cl)ccc2COc2ccc(I)cc21. The maximum Gasteiger partial charge on any atom is 0.325 e. The Balaban J connectivity index is 1.60. The van der Waals surface area contributed by atoms with Gasteiger partial charge in [0.15, 0.2) is 0 Å². The fourth-order valence-corrected chi connectivity index (χ4v) is 5.89. The van der Waals surface area contributed by atoms with Crippen LogP contribution in [0.5, 0.6) is 5.75 Å². The lowest BCUT2D eigenvalue weighted by Gasteiger charge is -2.36. The molecular weight excluding hydrogens is 579 g/mol. The second-order valence-electron chi connectivity index (χ2n) is 9.25. The molecular formula is C27H34ClIN2O4. The summed E-state index contributed by atoms with van der Waals surface area (Å²) in [5, 5.41) is 0.771. The first kappa shape index (κ1) is 26.5. The smallest absolute Gasteiger partial charge is 0.325 e. The average molecular weight is 613 g/mol. The molecule has 0 amide bonds.